The van der Waals surface area contributed by atoms with Gasteiger partial charge in [-0.2, -0.15) is 0 Å². The number of hydrogen-bond acceptors (Lipinski definition) is 3. The van der Waals surface area contributed by atoms with Crippen LogP contribution in [0.4, 0.5) is 5.82 Å². The molecule has 1 heterocycles. The molecule has 0 spiro atoms. The van der Waals surface area contributed by atoms with E-state index in [-0.39, 0.29) is 10.6 Å². The largest absolute Gasteiger partial charge is 0.359 e. The third kappa shape index (κ3) is 1.58. The molecule has 1 N–H and O–H groups in total. The Morgan fingerprint density at radius 3 is 3.00 bits per heavy atom. The van der Waals surface area contributed by atoms with Crippen molar-refractivity contribution < 1.29 is 0 Å². The summed E-state index contributed by atoms with van der Waals surface area (Å²) in [4.78, 5) is 19.2. The fourth-order valence-corrected chi connectivity index (χ4v) is 1.04. The number of nitrogens with zero attached hydrogens (tertiary/aromatic N) is 2. The second-order valence-corrected chi connectivity index (χ2v) is 2.76. The molecule has 0 saturated heterocycles. The molecule has 12 heavy (non-hydrogen) atoms. The standard InChI is InChI=1S/C7H10ClN3O/c1-3-11(2)6-5(8)7(12)10-4-9-6/h4H,3H2,1-2H3,(H,9,10,12). The monoisotopic (exact) mass is 187 g/mol. The minimum Gasteiger partial charge on any atom is -0.359 e. The zero-order chi connectivity index (χ0) is 9.14. The van der Waals surface area contributed by atoms with Gasteiger partial charge in [-0.15, -0.1) is 0 Å². The molecule has 1 aromatic heterocycles. The van der Waals surface area contributed by atoms with Crippen molar-refractivity contribution in [3.05, 3.63) is 21.7 Å². The van der Waals surface area contributed by atoms with Crippen LogP contribution in [0.2, 0.25) is 5.02 Å². The third-order valence-electron chi connectivity index (χ3n) is 1.61. The second-order valence-electron chi connectivity index (χ2n) is 2.38. The van der Waals surface area contributed by atoms with E-state index in [9.17, 15) is 4.79 Å². The zero-order valence-electron chi connectivity index (χ0n) is 6.97. The van der Waals surface area contributed by atoms with Crippen molar-refractivity contribution >= 4 is 17.4 Å². The van der Waals surface area contributed by atoms with Crippen molar-refractivity contribution in [1.29, 1.82) is 0 Å². The molecular weight excluding hydrogens is 178 g/mol. The predicted molar refractivity (Wildman–Crippen MR) is 48.8 cm³/mol. The molecule has 4 nitrogen and oxygen atoms in total. The van der Waals surface area contributed by atoms with E-state index in [4.69, 9.17) is 11.6 Å². The number of rotatable bonds is 2. The lowest BCUT2D eigenvalue weighted by Crippen LogP contribution is -2.21. The molecule has 0 aliphatic carbocycles. The van der Waals surface area contributed by atoms with E-state index in [1.807, 2.05) is 14.0 Å². The van der Waals surface area contributed by atoms with Gasteiger partial charge in [0.05, 0.1) is 6.33 Å². The van der Waals surface area contributed by atoms with Crippen molar-refractivity contribution in [1.82, 2.24) is 9.97 Å². The second kappa shape index (κ2) is 3.58. The number of H-pyrrole nitrogens is 1. The van der Waals surface area contributed by atoms with E-state index in [2.05, 4.69) is 9.97 Å². The van der Waals surface area contributed by atoms with Crippen LogP contribution >= 0.6 is 11.6 Å². The summed E-state index contributed by atoms with van der Waals surface area (Å²) in [6.07, 6.45) is 1.34. The fourth-order valence-electron chi connectivity index (χ4n) is 0.790. The lowest BCUT2D eigenvalue weighted by atomic mass is 10.5. The van der Waals surface area contributed by atoms with Gasteiger partial charge >= 0.3 is 0 Å². The van der Waals surface area contributed by atoms with E-state index in [1.165, 1.54) is 6.33 Å². The molecule has 0 unspecified atom stereocenters. The first-order chi connectivity index (χ1) is 5.66. The quantitative estimate of drug-likeness (QED) is 0.748. The minimum absolute atomic E-state index is 0.141. The highest BCUT2D eigenvalue weighted by Gasteiger charge is 2.07. The maximum atomic E-state index is 11.0. The Bertz CT molecular complexity index is 323. The van der Waals surface area contributed by atoms with E-state index in [0.29, 0.717) is 5.82 Å². The number of aromatic nitrogens is 2. The number of anilines is 1. The average Bonchev–Trinajstić information content (AvgIpc) is 2.08. The fraction of sp³-hybridized carbons (Fsp3) is 0.429. The number of halogens is 1. The topological polar surface area (TPSA) is 49.0 Å². The van der Waals surface area contributed by atoms with Gasteiger partial charge < -0.3 is 9.88 Å². The van der Waals surface area contributed by atoms with Gasteiger partial charge in [-0.1, -0.05) is 11.6 Å². The average molecular weight is 188 g/mol. The van der Waals surface area contributed by atoms with E-state index >= 15 is 0 Å². The first-order valence-corrected chi connectivity index (χ1v) is 3.99. The van der Waals surface area contributed by atoms with Gasteiger partial charge in [0.1, 0.15) is 5.02 Å². The summed E-state index contributed by atoms with van der Waals surface area (Å²) in [6.45, 7) is 2.72. The van der Waals surface area contributed by atoms with Crippen molar-refractivity contribution in [3.8, 4) is 0 Å². The summed E-state index contributed by atoms with van der Waals surface area (Å²) < 4.78 is 0. The van der Waals surface area contributed by atoms with E-state index < -0.39 is 0 Å². The normalized spacial score (nSPS) is 9.92. The summed E-state index contributed by atoms with van der Waals surface area (Å²) in [5.41, 5.74) is -0.304. The molecule has 0 radical (unpaired) electrons. The van der Waals surface area contributed by atoms with E-state index in [0.717, 1.165) is 6.54 Å². The van der Waals surface area contributed by atoms with Gasteiger partial charge in [-0.3, -0.25) is 4.79 Å². The van der Waals surface area contributed by atoms with Crippen LogP contribution in [0.15, 0.2) is 11.1 Å². The van der Waals surface area contributed by atoms with Crippen LogP contribution in [-0.2, 0) is 0 Å². The van der Waals surface area contributed by atoms with Gasteiger partial charge in [0.15, 0.2) is 5.82 Å². The molecule has 0 aliphatic heterocycles. The first kappa shape index (κ1) is 9.06. The smallest absolute Gasteiger partial charge is 0.271 e. The molecule has 66 valence electrons. The number of hydrogen-bond donors (Lipinski definition) is 1. The van der Waals surface area contributed by atoms with Crippen LogP contribution in [0.1, 0.15) is 6.92 Å². The van der Waals surface area contributed by atoms with Crippen LogP contribution in [0.5, 0.6) is 0 Å². The Morgan fingerprint density at radius 2 is 2.42 bits per heavy atom. The Kier molecular flexibility index (Phi) is 2.70. The number of aromatic amines is 1. The highest BCUT2D eigenvalue weighted by Crippen LogP contribution is 2.15. The summed E-state index contributed by atoms with van der Waals surface area (Å²) >= 11 is 5.72. The third-order valence-corrected chi connectivity index (χ3v) is 1.95. The van der Waals surface area contributed by atoms with Gasteiger partial charge in [-0.25, -0.2) is 4.98 Å². The zero-order valence-corrected chi connectivity index (χ0v) is 7.72. The lowest BCUT2D eigenvalue weighted by Gasteiger charge is -2.15. The maximum Gasteiger partial charge on any atom is 0.271 e. The molecule has 1 aromatic rings. The van der Waals surface area contributed by atoms with Crippen molar-refractivity contribution in [2.45, 2.75) is 6.92 Å². The SMILES string of the molecule is CCN(C)c1nc[nH]c(=O)c1Cl. The van der Waals surface area contributed by atoms with Gasteiger partial charge in [0.2, 0.25) is 0 Å². The molecule has 1 rings (SSSR count). The van der Waals surface area contributed by atoms with Crippen LogP contribution in [-0.4, -0.2) is 23.6 Å². The predicted octanol–water partition coefficient (Wildman–Crippen LogP) is 0.879. The maximum absolute atomic E-state index is 11.0. The molecule has 0 saturated carbocycles. The lowest BCUT2D eigenvalue weighted by molar-refractivity contribution is 0.923. The van der Waals surface area contributed by atoms with Gasteiger partial charge in [0, 0.05) is 13.6 Å². The molecule has 0 amide bonds. The number of nitrogens with one attached hydrogen (secondary N) is 1. The Hall–Kier alpha value is -1.03. The van der Waals surface area contributed by atoms with Crippen molar-refractivity contribution in [2.75, 3.05) is 18.5 Å². The van der Waals surface area contributed by atoms with Crippen molar-refractivity contribution in [2.24, 2.45) is 0 Å². The molecule has 0 fully saturated rings. The molecule has 0 bridgehead atoms. The summed E-state index contributed by atoms with van der Waals surface area (Å²) in [5.74, 6) is 0.517. The van der Waals surface area contributed by atoms with E-state index in [1.54, 1.807) is 4.90 Å². The van der Waals surface area contributed by atoms with Crippen LogP contribution in [0, 0.1) is 0 Å². The van der Waals surface area contributed by atoms with Crippen LogP contribution < -0.4 is 10.5 Å². The summed E-state index contributed by atoms with van der Waals surface area (Å²) in [5, 5.41) is 0.141. The van der Waals surface area contributed by atoms with Crippen molar-refractivity contribution in [3.63, 3.8) is 0 Å². The molecule has 0 aromatic carbocycles. The summed E-state index contributed by atoms with van der Waals surface area (Å²) in [7, 11) is 1.83. The molecule has 0 aliphatic rings. The first-order valence-electron chi connectivity index (χ1n) is 3.61. The highest BCUT2D eigenvalue weighted by atomic mass is 35.5. The highest BCUT2D eigenvalue weighted by molar-refractivity contribution is 6.32. The Morgan fingerprint density at radius 1 is 1.75 bits per heavy atom. The Labute approximate surface area is 75.2 Å². The Balaban J connectivity index is 3.16. The summed E-state index contributed by atoms with van der Waals surface area (Å²) in [6, 6.07) is 0. The van der Waals surface area contributed by atoms with Crippen LogP contribution in [0.25, 0.3) is 0 Å². The van der Waals surface area contributed by atoms with Gasteiger partial charge in [-0.05, 0) is 6.92 Å². The molecule has 5 heteroatoms. The van der Waals surface area contributed by atoms with Crippen LogP contribution in [0.3, 0.4) is 0 Å². The molecule has 0 atom stereocenters. The molecular formula is C7H10ClN3O. The minimum atomic E-state index is -0.304. The van der Waals surface area contributed by atoms with Gasteiger partial charge in [0.25, 0.3) is 5.56 Å².